The molecule has 1 N–H and O–H groups in total. The number of carbonyl (C=O) groups excluding carboxylic acids is 1. The van der Waals surface area contributed by atoms with Gasteiger partial charge in [0.05, 0.1) is 7.11 Å². The molecule has 0 bridgehead atoms. The van der Waals surface area contributed by atoms with Crippen LogP contribution in [0.1, 0.15) is 68.2 Å². The highest BCUT2D eigenvalue weighted by Gasteiger charge is 2.50. The minimum Gasteiger partial charge on any atom is -0.497 e. The fraction of sp³-hybridized carbons (Fsp3) is 0.552. The molecule has 1 atom stereocenters. The number of piperidine rings is 1. The van der Waals surface area contributed by atoms with Crippen molar-refractivity contribution in [2.75, 3.05) is 33.3 Å². The lowest BCUT2D eigenvalue weighted by atomic mass is 9.60. The Morgan fingerprint density at radius 1 is 1.03 bits per heavy atom. The van der Waals surface area contributed by atoms with Crippen molar-refractivity contribution < 1.29 is 9.53 Å². The second-order valence-corrected chi connectivity index (χ2v) is 10.8. The monoisotopic (exact) mass is 461 g/mol. The molecular weight excluding hydrogens is 422 g/mol. The zero-order chi connectivity index (χ0) is 23.7. The molecule has 5 heteroatoms. The molecule has 0 aromatic heterocycles. The first-order chi connectivity index (χ1) is 16.5. The van der Waals surface area contributed by atoms with Crippen molar-refractivity contribution in [2.45, 2.75) is 64.1 Å². The molecule has 2 aromatic carbocycles. The third-order valence-electron chi connectivity index (χ3n) is 8.41. The molecule has 0 radical (unpaired) electrons. The van der Waals surface area contributed by atoms with Gasteiger partial charge in [-0.25, -0.2) is 0 Å². The quantitative estimate of drug-likeness (QED) is 0.675. The molecule has 3 fully saturated rings. The van der Waals surface area contributed by atoms with Crippen LogP contribution in [0.4, 0.5) is 0 Å². The molecule has 2 aromatic rings. The van der Waals surface area contributed by atoms with Crippen LogP contribution < -0.4 is 10.1 Å². The van der Waals surface area contributed by atoms with E-state index in [1.807, 2.05) is 12.1 Å². The number of ether oxygens (including phenoxy) is 1. The number of methoxy groups -OCH3 is 1. The number of carbonyl (C=O) groups is 1. The third-order valence-corrected chi connectivity index (χ3v) is 8.41. The lowest BCUT2D eigenvalue weighted by Crippen LogP contribution is -2.61. The van der Waals surface area contributed by atoms with Crippen LogP contribution in [0.25, 0.3) is 0 Å². The van der Waals surface area contributed by atoms with Gasteiger partial charge in [0.25, 0.3) is 0 Å². The van der Waals surface area contributed by atoms with Crippen LogP contribution in [-0.4, -0.2) is 55.0 Å². The Bertz CT molecular complexity index is 989. The predicted molar refractivity (Wildman–Crippen MR) is 136 cm³/mol. The van der Waals surface area contributed by atoms with Gasteiger partial charge < -0.3 is 15.0 Å². The summed E-state index contributed by atoms with van der Waals surface area (Å²) in [5.74, 6) is 1.54. The molecule has 5 rings (SSSR count). The number of benzene rings is 2. The molecule has 1 unspecified atom stereocenters. The van der Waals surface area contributed by atoms with Crippen molar-refractivity contribution in [3.05, 3.63) is 65.2 Å². The molecule has 1 saturated carbocycles. The second-order valence-electron chi connectivity index (χ2n) is 10.8. The van der Waals surface area contributed by atoms with Gasteiger partial charge in [-0.15, -0.1) is 0 Å². The Labute approximate surface area is 204 Å². The maximum Gasteiger partial charge on any atom is 0.244 e. The van der Waals surface area contributed by atoms with Crippen LogP contribution in [0, 0.1) is 5.41 Å². The van der Waals surface area contributed by atoms with E-state index in [4.69, 9.17) is 4.74 Å². The Hall–Kier alpha value is -2.37. The number of amides is 1. The van der Waals surface area contributed by atoms with Gasteiger partial charge >= 0.3 is 0 Å². The van der Waals surface area contributed by atoms with Crippen LogP contribution in [0.3, 0.4) is 0 Å². The normalized spacial score (nSPS) is 23.4. The summed E-state index contributed by atoms with van der Waals surface area (Å²) in [5, 5.41) is 3.50. The first-order valence-electron chi connectivity index (χ1n) is 13.0. The van der Waals surface area contributed by atoms with E-state index in [1.165, 1.54) is 42.4 Å². The molecule has 2 heterocycles. The minimum atomic E-state index is -0.223. The van der Waals surface area contributed by atoms with Crippen molar-refractivity contribution in [3.8, 4) is 5.75 Å². The van der Waals surface area contributed by atoms with Gasteiger partial charge in [0, 0.05) is 25.7 Å². The van der Waals surface area contributed by atoms with Gasteiger partial charge in [-0.3, -0.25) is 9.69 Å². The smallest absolute Gasteiger partial charge is 0.244 e. The summed E-state index contributed by atoms with van der Waals surface area (Å²) in [6.07, 6.45) is 4.87. The van der Waals surface area contributed by atoms with Crippen LogP contribution >= 0.6 is 0 Å². The van der Waals surface area contributed by atoms with Crippen LogP contribution in [0.2, 0.25) is 0 Å². The van der Waals surface area contributed by atoms with Crippen molar-refractivity contribution >= 4 is 5.91 Å². The van der Waals surface area contributed by atoms with E-state index >= 15 is 0 Å². The largest absolute Gasteiger partial charge is 0.497 e. The lowest BCUT2D eigenvalue weighted by Gasteiger charge is -2.56. The second kappa shape index (κ2) is 9.71. The SMILES string of the molecule is COc1ccc(CN2CCN(C3CC4(CCNCC4)C3)C(=O)C2c2ccccc2C(C)C)cc1. The van der Waals surface area contributed by atoms with Crippen molar-refractivity contribution in [3.63, 3.8) is 0 Å². The molecule has 1 spiro atoms. The Kier molecular flexibility index (Phi) is 6.67. The van der Waals surface area contributed by atoms with Gasteiger partial charge in [0.1, 0.15) is 11.8 Å². The zero-order valence-electron chi connectivity index (χ0n) is 20.9. The average Bonchev–Trinajstić information content (AvgIpc) is 2.84. The number of rotatable bonds is 6. The van der Waals surface area contributed by atoms with E-state index in [1.54, 1.807) is 7.11 Å². The highest BCUT2D eigenvalue weighted by molar-refractivity contribution is 5.85. The summed E-state index contributed by atoms with van der Waals surface area (Å²) in [7, 11) is 1.69. The highest BCUT2D eigenvalue weighted by Crippen LogP contribution is 2.51. The first kappa shape index (κ1) is 23.4. The fourth-order valence-corrected chi connectivity index (χ4v) is 6.43. The van der Waals surface area contributed by atoms with E-state index in [-0.39, 0.29) is 6.04 Å². The first-order valence-corrected chi connectivity index (χ1v) is 13.0. The molecular formula is C29H39N3O2. The fourth-order valence-electron chi connectivity index (χ4n) is 6.43. The summed E-state index contributed by atoms with van der Waals surface area (Å²) in [5.41, 5.74) is 4.15. The third kappa shape index (κ3) is 4.48. The maximum atomic E-state index is 14.2. The predicted octanol–water partition coefficient (Wildman–Crippen LogP) is 4.74. The van der Waals surface area contributed by atoms with E-state index in [0.717, 1.165) is 38.5 Å². The van der Waals surface area contributed by atoms with E-state index < -0.39 is 0 Å². The molecule has 3 aliphatic rings. The maximum absolute atomic E-state index is 14.2. The molecule has 1 amide bonds. The van der Waals surface area contributed by atoms with Gasteiger partial charge in [0.15, 0.2) is 0 Å². The number of piperazine rings is 1. The Morgan fingerprint density at radius 3 is 2.41 bits per heavy atom. The topological polar surface area (TPSA) is 44.8 Å². The molecule has 2 aliphatic heterocycles. The summed E-state index contributed by atoms with van der Waals surface area (Å²) >= 11 is 0. The summed E-state index contributed by atoms with van der Waals surface area (Å²) < 4.78 is 5.34. The van der Waals surface area contributed by atoms with Gasteiger partial charge in [0.2, 0.25) is 5.91 Å². The number of hydrogen-bond acceptors (Lipinski definition) is 4. The standard InChI is InChI=1S/C29H39N3O2/c1-21(2)25-6-4-5-7-26(25)27-28(33)32(23-18-29(19-23)12-14-30-15-13-29)17-16-31(27)20-22-8-10-24(34-3)11-9-22/h4-11,21,23,27,30H,12-20H2,1-3H3. The summed E-state index contributed by atoms with van der Waals surface area (Å²) in [4.78, 5) is 18.8. The molecule has 1 aliphatic carbocycles. The molecule has 34 heavy (non-hydrogen) atoms. The van der Waals surface area contributed by atoms with Crippen molar-refractivity contribution in [1.82, 2.24) is 15.1 Å². The Balaban J connectivity index is 1.40. The van der Waals surface area contributed by atoms with Crippen molar-refractivity contribution in [1.29, 1.82) is 0 Å². The van der Waals surface area contributed by atoms with Crippen LogP contribution in [-0.2, 0) is 11.3 Å². The van der Waals surface area contributed by atoms with Crippen molar-refractivity contribution in [2.24, 2.45) is 5.41 Å². The molecule has 182 valence electrons. The van der Waals surface area contributed by atoms with E-state index in [9.17, 15) is 4.79 Å². The van der Waals surface area contributed by atoms with Gasteiger partial charge in [-0.2, -0.15) is 0 Å². The van der Waals surface area contributed by atoms with E-state index in [2.05, 4.69) is 65.4 Å². The van der Waals surface area contributed by atoms with Crippen LogP contribution in [0.15, 0.2) is 48.5 Å². The van der Waals surface area contributed by atoms with E-state index in [0.29, 0.717) is 23.3 Å². The number of hydrogen-bond donors (Lipinski definition) is 1. The summed E-state index contributed by atoms with van der Waals surface area (Å²) in [6, 6.07) is 17.0. The lowest BCUT2D eigenvalue weighted by molar-refractivity contribution is -0.152. The zero-order valence-corrected chi connectivity index (χ0v) is 20.9. The Morgan fingerprint density at radius 2 is 1.74 bits per heavy atom. The van der Waals surface area contributed by atoms with Crippen LogP contribution in [0.5, 0.6) is 5.75 Å². The minimum absolute atomic E-state index is 0.223. The summed E-state index contributed by atoms with van der Waals surface area (Å²) in [6.45, 7) is 9.20. The molecule has 5 nitrogen and oxygen atoms in total. The number of nitrogens with zero attached hydrogens (tertiary/aromatic N) is 2. The number of nitrogens with one attached hydrogen (secondary N) is 1. The average molecular weight is 462 g/mol. The van der Waals surface area contributed by atoms with Gasteiger partial charge in [-0.1, -0.05) is 50.2 Å². The highest BCUT2D eigenvalue weighted by atomic mass is 16.5. The molecule has 2 saturated heterocycles. The van der Waals surface area contributed by atoms with Gasteiger partial charge in [-0.05, 0) is 78.9 Å².